The van der Waals surface area contributed by atoms with Crippen molar-refractivity contribution in [3.05, 3.63) is 12.2 Å². The van der Waals surface area contributed by atoms with Crippen molar-refractivity contribution in [2.45, 2.75) is 118 Å². The minimum atomic E-state index is -0.243. The van der Waals surface area contributed by atoms with Gasteiger partial charge in [0, 0.05) is 5.57 Å². The van der Waals surface area contributed by atoms with Gasteiger partial charge in [0.1, 0.15) is 13.2 Å². The van der Waals surface area contributed by atoms with Crippen LogP contribution in [0.25, 0.3) is 0 Å². The van der Waals surface area contributed by atoms with Crippen molar-refractivity contribution in [3.63, 3.8) is 0 Å². The highest BCUT2D eigenvalue weighted by Crippen LogP contribution is 2.17. The average Bonchev–Trinajstić information content (AvgIpc) is 2.71. The first kappa shape index (κ1) is 28.2. The second-order valence-electron chi connectivity index (χ2n) is 9.04. The van der Waals surface area contributed by atoms with Gasteiger partial charge in [-0.2, -0.15) is 0 Å². The Kier molecular flexibility index (Phi) is 18.6. The number of carbonyl (C=O) groups excluding carboxylic acids is 1. The predicted octanol–water partition coefficient (Wildman–Crippen LogP) is 7.44. The number of quaternary nitrogens is 1. The third-order valence-corrected chi connectivity index (χ3v) is 6.11. The maximum absolute atomic E-state index is 11.8. The molecule has 29 heavy (non-hydrogen) atoms. The number of unbranched alkanes of at least 4 members (excludes halogenated alkanes) is 11. The predicted molar refractivity (Wildman–Crippen MR) is 127 cm³/mol. The highest BCUT2D eigenvalue weighted by atomic mass is 16.5. The van der Waals surface area contributed by atoms with E-state index in [4.69, 9.17) is 4.74 Å². The summed E-state index contributed by atoms with van der Waals surface area (Å²) >= 11 is 0. The average molecular weight is 411 g/mol. The van der Waals surface area contributed by atoms with Gasteiger partial charge in [0.2, 0.25) is 0 Å². The maximum Gasteiger partial charge on any atom is 0.333 e. The molecule has 172 valence electrons. The first-order valence-corrected chi connectivity index (χ1v) is 12.7. The zero-order valence-electron chi connectivity index (χ0n) is 20.4. The van der Waals surface area contributed by atoms with Gasteiger partial charge >= 0.3 is 5.97 Å². The van der Waals surface area contributed by atoms with Crippen LogP contribution in [0.5, 0.6) is 0 Å². The summed E-state index contributed by atoms with van der Waals surface area (Å²) in [6, 6.07) is 0. The topological polar surface area (TPSA) is 26.3 Å². The van der Waals surface area contributed by atoms with E-state index in [9.17, 15) is 4.79 Å². The molecule has 0 fully saturated rings. The van der Waals surface area contributed by atoms with Gasteiger partial charge in [-0.15, -0.1) is 0 Å². The van der Waals surface area contributed by atoms with E-state index in [1.807, 2.05) is 0 Å². The van der Waals surface area contributed by atoms with Crippen LogP contribution in [-0.4, -0.2) is 43.2 Å². The Bertz CT molecular complexity index is 398. The van der Waals surface area contributed by atoms with Crippen LogP contribution in [0.3, 0.4) is 0 Å². The van der Waals surface area contributed by atoms with Gasteiger partial charge < -0.3 is 9.22 Å². The van der Waals surface area contributed by atoms with Crippen LogP contribution < -0.4 is 0 Å². The van der Waals surface area contributed by atoms with Crippen LogP contribution in [0.4, 0.5) is 0 Å². The summed E-state index contributed by atoms with van der Waals surface area (Å²) in [4.78, 5) is 11.8. The Morgan fingerprint density at radius 3 is 1.52 bits per heavy atom. The summed E-state index contributed by atoms with van der Waals surface area (Å²) < 4.78 is 6.59. The monoisotopic (exact) mass is 410 g/mol. The molecule has 0 bridgehead atoms. The Morgan fingerprint density at radius 2 is 1.07 bits per heavy atom. The molecule has 0 radical (unpaired) electrons. The van der Waals surface area contributed by atoms with Crippen LogP contribution in [-0.2, 0) is 9.53 Å². The molecule has 0 heterocycles. The Hall–Kier alpha value is -0.830. The molecule has 0 aliphatic carbocycles. The number of rotatable bonds is 21. The second kappa shape index (κ2) is 19.2. The number of esters is 1. The summed E-state index contributed by atoms with van der Waals surface area (Å²) in [5.41, 5.74) is 0.500. The Morgan fingerprint density at radius 1 is 0.655 bits per heavy atom. The number of hydrogen-bond donors (Lipinski definition) is 0. The van der Waals surface area contributed by atoms with E-state index in [0.717, 1.165) is 11.0 Å². The Balaban J connectivity index is 4.36. The molecule has 0 saturated heterocycles. The molecule has 0 aromatic heterocycles. The maximum atomic E-state index is 11.8. The smallest absolute Gasteiger partial charge is 0.333 e. The molecule has 0 N–H and O–H groups in total. The SMILES string of the molecule is C=C(C)C(=O)OCC[N+](CCCC)(CCCC)CCCCCCCCCCCC. The lowest BCUT2D eigenvalue weighted by Gasteiger charge is -2.39. The van der Waals surface area contributed by atoms with Gasteiger partial charge in [0.15, 0.2) is 0 Å². The quantitative estimate of drug-likeness (QED) is 0.0850. The zero-order chi connectivity index (χ0) is 21.8. The van der Waals surface area contributed by atoms with E-state index >= 15 is 0 Å². The van der Waals surface area contributed by atoms with E-state index in [1.165, 1.54) is 110 Å². The van der Waals surface area contributed by atoms with Gasteiger partial charge in [-0.05, 0) is 32.6 Å². The van der Waals surface area contributed by atoms with Crippen molar-refractivity contribution in [2.24, 2.45) is 0 Å². The van der Waals surface area contributed by atoms with Crippen LogP contribution in [0, 0.1) is 0 Å². The first-order chi connectivity index (χ1) is 14.0. The molecule has 0 rings (SSSR count). The molecule has 0 atom stereocenters. The van der Waals surface area contributed by atoms with Crippen molar-refractivity contribution in [1.82, 2.24) is 0 Å². The summed E-state index contributed by atoms with van der Waals surface area (Å²) in [6.45, 7) is 17.4. The van der Waals surface area contributed by atoms with Gasteiger partial charge in [-0.1, -0.05) is 91.6 Å². The van der Waals surface area contributed by atoms with Gasteiger partial charge in [0.25, 0.3) is 0 Å². The molecule has 3 heteroatoms. The molecule has 0 aliphatic rings. The third kappa shape index (κ3) is 15.6. The van der Waals surface area contributed by atoms with E-state index in [-0.39, 0.29) is 5.97 Å². The molecule has 3 nitrogen and oxygen atoms in total. The third-order valence-electron chi connectivity index (χ3n) is 6.11. The fraction of sp³-hybridized carbons (Fsp3) is 0.885. The molecule has 0 aromatic carbocycles. The van der Waals surface area contributed by atoms with Crippen LogP contribution >= 0.6 is 0 Å². The van der Waals surface area contributed by atoms with E-state index in [1.54, 1.807) is 6.92 Å². The summed E-state index contributed by atoms with van der Waals surface area (Å²) in [7, 11) is 0. The highest BCUT2D eigenvalue weighted by Gasteiger charge is 2.26. The van der Waals surface area contributed by atoms with Crippen LogP contribution in [0.1, 0.15) is 118 Å². The fourth-order valence-corrected chi connectivity index (χ4v) is 4.05. The molecule has 0 aliphatic heterocycles. The van der Waals surface area contributed by atoms with Crippen LogP contribution in [0.15, 0.2) is 12.2 Å². The van der Waals surface area contributed by atoms with Crippen molar-refractivity contribution in [2.75, 3.05) is 32.8 Å². The number of nitrogens with zero attached hydrogens (tertiary/aromatic N) is 1. The van der Waals surface area contributed by atoms with Gasteiger partial charge in [0.05, 0.1) is 19.6 Å². The molecular formula is C26H52NO2+. The lowest BCUT2D eigenvalue weighted by Crippen LogP contribution is -2.52. The van der Waals surface area contributed by atoms with Crippen molar-refractivity contribution in [3.8, 4) is 0 Å². The second-order valence-corrected chi connectivity index (χ2v) is 9.04. The molecule has 0 saturated carbocycles. The largest absolute Gasteiger partial charge is 0.456 e. The van der Waals surface area contributed by atoms with Gasteiger partial charge in [-0.25, -0.2) is 4.79 Å². The molecular weight excluding hydrogens is 358 g/mol. The minimum Gasteiger partial charge on any atom is -0.456 e. The number of hydrogen-bond acceptors (Lipinski definition) is 2. The Labute approximate surface area is 182 Å². The van der Waals surface area contributed by atoms with Crippen molar-refractivity contribution < 1.29 is 14.0 Å². The first-order valence-electron chi connectivity index (χ1n) is 12.7. The standard InChI is InChI=1S/C26H52NO2/c1-6-9-12-13-14-15-16-17-18-19-22-27(20-10-7-2,21-11-8-3)23-24-29-26(28)25(4)5/h4,6-24H2,1-3,5H3/q+1. The van der Waals surface area contributed by atoms with Crippen molar-refractivity contribution in [1.29, 1.82) is 0 Å². The molecule has 0 aromatic rings. The lowest BCUT2D eigenvalue weighted by atomic mass is 10.1. The van der Waals surface area contributed by atoms with Crippen LogP contribution in [0.2, 0.25) is 0 Å². The molecule has 0 unspecified atom stereocenters. The van der Waals surface area contributed by atoms with Gasteiger partial charge in [-0.3, -0.25) is 0 Å². The van der Waals surface area contributed by atoms with Crippen molar-refractivity contribution >= 4 is 5.97 Å². The van der Waals surface area contributed by atoms with E-state index in [0.29, 0.717) is 12.2 Å². The van der Waals surface area contributed by atoms with E-state index < -0.39 is 0 Å². The van der Waals surface area contributed by atoms with E-state index in [2.05, 4.69) is 27.4 Å². The number of ether oxygens (including phenoxy) is 1. The number of carbonyl (C=O) groups is 1. The normalized spacial score (nSPS) is 11.6. The minimum absolute atomic E-state index is 0.243. The zero-order valence-corrected chi connectivity index (χ0v) is 20.4. The summed E-state index contributed by atoms with van der Waals surface area (Å²) in [6.07, 6.45) is 18.8. The summed E-state index contributed by atoms with van der Waals surface area (Å²) in [5, 5.41) is 0. The molecule has 0 amide bonds. The fourth-order valence-electron chi connectivity index (χ4n) is 4.05. The highest BCUT2D eigenvalue weighted by molar-refractivity contribution is 5.86. The molecule has 0 spiro atoms. The summed E-state index contributed by atoms with van der Waals surface area (Å²) in [5.74, 6) is -0.243. The lowest BCUT2D eigenvalue weighted by molar-refractivity contribution is -0.929.